The fraction of sp³-hybridized carbons (Fsp3) is 0.889. The number of carbonyl (C=O) groups is 1. The molecule has 0 rings (SSSR count). The van der Waals surface area contributed by atoms with Gasteiger partial charge in [0, 0.05) is 0 Å². The van der Waals surface area contributed by atoms with E-state index in [2.05, 4.69) is 27.7 Å². The highest BCUT2D eigenvalue weighted by atomic mass is 28.4. The molecule has 0 radical (unpaired) electrons. The Morgan fingerprint density at radius 3 is 2.00 bits per heavy atom. The predicted molar refractivity (Wildman–Crippen MR) is 55.5 cm³/mol. The molecule has 3 nitrogen and oxygen atoms in total. The number of carboxylic acid groups (broad SMARTS) is 1. The van der Waals surface area contributed by atoms with Crippen LogP contribution in [0.4, 0.5) is 4.79 Å². The van der Waals surface area contributed by atoms with E-state index in [1.54, 1.807) is 0 Å². The van der Waals surface area contributed by atoms with Gasteiger partial charge in [0.2, 0.25) is 0 Å². The van der Waals surface area contributed by atoms with E-state index in [0.29, 0.717) is 5.54 Å². The molecule has 0 saturated carbocycles. The molecule has 0 heterocycles. The van der Waals surface area contributed by atoms with Crippen LogP contribution in [0.1, 0.15) is 27.7 Å². The maximum Gasteiger partial charge on any atom is 0.491 e. The highest BCUT2D eigenvalue weighted by Gasteiger charge is 2.40. The second-order valence-electron chi connectivity index (χ2n) is 5.06. The van der Waals surface area contributed by atoms with Crippen LogP contribution < -0.4 is 0 Å². The van der Waals surface area contributed by atoms with Crippen LogP contribution in [0.2, 0.25) is 18.6 Å². The Hall–Kier alpha value is -0.513. The topological polar surface area (TPSA) is 46.5 Å². The second-order valence-corrected chi connectivity index (χ2v) is 9.34. The van der Waals surface area contributed by atoms with Crippen molar-refractivity contribution in [3.8, 4) is 0 Å². The van der Waals surface area contributed by atoms with Gasteiger partial charge >= 0.3 is 6.16 Å². The van der Waals surface area contributed by atoms with Crippen LogP contribution in [0.5, 0.6) is 0 Å². The lowest BCUT2D eigenvalue weighted by atomic mass is 9.93. The van der Waals surface area contributed by atoms with Gasteiger partial charge in [-0.3, -0.25) is 0 Å². The van der Waals surface area contributed by atoms with Crippen molar-refractivity contribution in [2.45, 2.75) is 46.3 Å². The number of hydrogen-bond donors (Lipinski definition) is 1. The third-order valence-corrected chi connectivity index (χ3v) is 6.34. The van der Waals surface area contributed by atoms with Crippen LogP contribution in [0.15, 0.2) is 0 Å². The normalized spacial score (nSPS) is 15.2. The molecule has 0 fully saturated rings. The summed E-state index contributed by atoms with van der Waals surface area (Å²) in [5.74, 6) is 0. The summed E-state index contributed by atoms with van der Waals surface area (Å²) < 4.78 is 4.98. The Bertz CT molecular complexity index is 194. The summed E-state index contributed by atoms with van der Waals surface area (Å²) in [6.07, 6.45) is -1.15. The second kappa shape index (κ2) is 3.70. The molecule has 0 amide bonds. The number of hydrogen-bond acceptors (Lipinski definition) is 2. The van der Waals surface area contributed by atoms with Crippen molar-refractivity contribution in [2.24, 2.45) is 5.41 Å². The third-order valence-electron chi connectivity index (χ3n) is 2.69. The quantitative estimate of drug-likeness (QED) is 0.702. The van der Waals surface area contributed by atoms with Gasteiger partial charge in [-0.2, -0.15) is 0 Å². The average Bonchev–Trinajstić information content (AvgIpc) is 1.80. The molecular formula is C9H20O3Si. The molecule has 0 aliphatic carbocycles. The van der Waals surface area contributed by atoms with Crippen LogP contribution >= 0.6 is 0 Å². The first-order chi connectivity index (χ1) is 5.57. The molecule has 0 spiro atoms. The van der Waals surface area contributed by atoms with Gasteiger partial charge in [-0.25, -0.2) is 4.79 Å². The van der Waals surface area contributed by atoms with Gasteiger partial charge in [-0.05, 0) is 24.1 Å². The zero-order chi connectivity index (χ0) is 10.9. The van der Waals surface area contributed by atoms with Crippen molar-refractivity contribution >= 4 is 14.5 Å². The molecule has 1 unspecified atom stereocenters. The van der Waals surface area contributed by atoms with Gasteiger partial charge in [0.15, 0.2) is 0 Å². The van der Waals surface area contributed by atoms with Gasteiger partial charge < -0.3 is 9.53 Å². The lowest BCUT2D eigenvalue weighted by Gasteiger charge is -2.36. The molecule has 0 bridgehead atoms. The molecule has 0 aromatic rings. The Balaban J connectivity index is 4.54. The molecule has 0 aliphatic rings. The van der Waals surface area contributed by atoms with E-state index in [9.17, 15) is 4.79 Å². The Kier molecular flexibility index (Phi) is 3.55. The van der Waals surface area contributed by atoms with E-state index >= 15 is 0 Å². The summed E-state index contributed by atoms with van der Waals surface area (Å²) in [5.41, 5.74) is 0.404. The van der Waals surface area contributed by atoms with E-state index in [4.69, 9.17) is 9.53 Å². The summed E-state index contributed by atoms with van der Waals surface area (Å²) >= 11 is 0. The zero-order valence-corrected chi connectivity index (χ0v) is 10.3. The maximum absolute atomic E-state index is 10.5. The molecule has 13 heavy (non-hydrogen) atoms. The molecule has 78 valence electrons. The van der Waals surface area contributed by atoms with Gasteiger partial charge in [0.1, 0.15) is 0 Å². The summed E-state index contributed by atoms with van der Waals surface area (Å²) in [7, 11) is -2.10. The van der Waals surface area contributed by atoms with Crippen LogP contribution in [0.25, 0.3) is 0 Å². The van der Waals surface area contributed by atoms with Crippen LogP contribution in [0, 0.1) is 5.41 Å². The highest BCUT2D eigenvalue weighted by molar-refractivity contribution is 6.74. The van der Waals surface area contributed by atoms with Crippen LogP contribution in [0.3, 0.4) is 0 Å². The van der Waals surface area contributed by atoms with E-state index in [1.165, 1.54) is 0 Å². The fourth-order valence-corrected chi connectivity index (χ4v) is 4.07. The first-order valence-electron chi connectivity index (χ1n) is 4.49. The molecule has 1 N–H and O–H groups in total. The zero-order valence-electron chi connectivity index (χ0n) is 9.34. The number of rotatable bonds is 2. The standard InChI is InChI=1S/C9H20O3Si/c1-7(9(2,3)4)13(5,6)12-8(10)11/h7H,1-6H3,(H,10,11). The summed E-state index contributed by atoms with van der Waals surface area (Å²) in [6.45, 7) is 12.3. The lowest BCUT2D eigenvalue weighted by molar-refractivity contribution is 0.138. The van der Waals surface area contributed by atoms with E-state index in [1.807, 2.05) is 13.1 Å². The lowest BCUT2D eigenvalue weighted by Crippen LogP contribution is -2.42. The maximum atomic E-state index is 10.5. The summed E-state index contributed by atoms with van der Waals surface area (Å²) in [4.78, 5) is 10.5. The molecule has 4 heteroatoms. The molecular weight excluding hydrogens is 184 g/mol. The van der Waals surface area contributed by atoms with Gasteiger partial charge in [0.25, 0.3) is 8.32 Å². The van der Waals surface area contributed by atoms with Crippen LogP contribution in [-0.2, 0) is 4.43 Å². The van der Waals surface area contributed by atoms with Gasteiger partial charge in [0.05, 0.1) is 0 Å². The van der Waals surface area contributed by atoms with Crippen molar-refractivity contribution in [3.63, 3.8) is 0 Å². The highest BCUT2D eigenvalue weighted by Crippen LogP contribution is 2.39. The van der Waals surface area contributed by atoms with Gasteiger partial charge in [-0.15, -0.1) is 0 Å². The Morgan fingerprint density at radius 1 is 1.38 bits per heavy atom. The SMILES string of the molecule is CC(C(C)(C)C)[Si](C)(C)OC(=O)O. The summed E-state index contributed by atoms with van der Waals surface area (Å²) in [6, 6.07) is 0. The Labute approximate surface area is 81.2 Å². The van der Waals surface area contributed by atoms with E-state index in [-0.39, 0.29) is 5.41 Å². The molecule has 0 saturated heterocycles. The smallest absolute Gasteiger partial charge is 0.489 e. The fourth-order valence-electron chi connectivity index (χ4n) is 1.36. The van der Waals surface area contributed by atoms with Crippen molar-refractivity contribution in [1.82, 2.24) is 0 Å². The van der Waals surface area contributed by atoms with Crippen molar-refractivity contribution in [3.05, 3.63) is 0 Å². The summed E-state index contributed by atoms with van der Waals surface area (Å²) in [5, 5.41) is 8.58. The molecule has 0 aromatic heterocycles. The van der Waals surface area contributed by atoms with Gasteiger partial charge in [-0.1, -0.05) is 27.7 Å². The van der Waals surface area contributed by atoms with Crippen molar-refractivity contribution in [2.75, 3.05) is 0 Å². The Morgan fingerprint density at radius 2 is 1.77 bits per heavy atom. The first-order valence-corrected chi connectivity index (χ1v) is 7.48. The molecule has 0 aromatic carbocycles. The predicted octanol–water partition coefficient (Wildman–Crippen LogP) is 3.32. The largest absolute Gasteiger partial charge is 0.491 e. The minimum Gasteiger partial charge on any atom is -0.489 e. The van der Waals surface area contributed by atoms with E-state index < -0.39 is 14.5 Å². The van der Waals surface area contributed by atoms with Crippen molar-refractivity contribution < 1.29 is 14.3 Å². The third kappa shape index (κ3) is 3.80. The monoisotopic (exact) mass is 204 g/mol. The molecule has 1 atom stereocenters. The molecule has 0 aliphatic heterocycles. The van der Waals surface area contributed by atoms with Crippen molar-refractivity contribution in [1.29, 1.82) is 0 Å². The minimum atomic E-state index is -2.10. The average molecular weight is 204 g/mol. The van der Waals surface area contributed by atoms with E-state index in [0.717, 1.165) is 0 Å². The first kappa shape index (κ1) is 12.5. The van der Waals surface area contributed by atoms with Crippen LogP contribution in [-0.4, -0.2) is 19.6 Å². The minimum absolute atomic E-state index is 0.102.